The lowest BCUT2D eigenvalue weighted by Gasteiger charge is -2.10. The Hall–Kier alpha value is -1.64. The summed E-state index contributed by atoms with van der Waals surface area (Å²) in [6.45, 7) is 8.48. The van der Waals surface area contributed by atoms with Crippen LogP contribution in [0.25, 0.3) is 0 Å². The van der Waals surface area contributed by atoms with Crippen LogP contribution in [-0.4, -0.2) is 20.6 Å². The summed E-state index contributed by atoms with van der Waals surface area (Å²) in [5.74, 6) is 0.722. The molecule has 1 rings (SSSR count). The van der Waals surface area contributed by atoms with Crippen LogP contribution in [-0.2, 0) is 16.0 Å². The Labute approximate surface area is 97.9 Å². The minimum absolute atomic E-state index is 0.722. The average Bonchev–Trinajstić information content (AvgIpc) is 2.34. The van der Waals surface area contributed by atoms with Crippen molar-refractivity contribution in [2.45, 2.75) is 20.3 Å². The van der Waals surface area contributed by atoms with Crippen LogP contribution >= 0.6 is 0 Å². The summed E-state index contributed by atoms with van der Waals surface area (Å²) in [5.41, 5.74) is 2.67. The molecule has 0 aromatic heterocycles. The third-order valence-corrected chi connectivity index (χ3v) is 1.91. The maximum absolute atomic E-state index is 8.00. The minimum Gasteiger partial charge on any atom is -0.388 e. The Kier molecular flexibility index (Phi) is 12.0. The van der Waals surface area contributed by atoms with E-state index in [1.54, 1.807) is 0 Å². The monoisotopic (exact) mass is 223 g/mol. The first-order chi connectivity index (χ1) is 7.74. The van der Waals surface area contributed by atoms with E-state index in [0.29, 0.717) is 0 Å². The number of benzene rings is 1. The van der Waals surface area contributed by atoms with Gasteiger partial charge in [0.25, 0.3) is 0 Å². The molecule has 0 amide bonds. The summed E-state index contributed by atoms with van der Waals surface area (Å²) >= 11 is 0. The summed E-state index contributed by atoms with van der Waals surface area (Å²) in [6, 6.07) is 8.47. The molecule has 3 heteroatoms. The molecule has 0 saturated heterocycles. The van der Waals surface area contributed by atoms with E-state index in [0.717, 1.165) is 12.3 Å². The number of hydrogen-bond acceptors (Lipinski definition) is 3. The second kappa shape index (κ2) is 11.4. The Bertz CT molecular complexity index is 272. The van der Waals surface area contributed by atoms with Crippen molar-refractivity contribution in [3.05, 3.63) is 29.8 Å². The van der Waals surface area contributed by atoms with Gasteiger partial charge in [-0.3, -0.25) is 0 Å². The normalized spacial score (nSPS) is 8.25. The molecule has 0 spiro atoms. The molecular formula is C13H21NO2. The van der Waals surface area contributed by atoms with Crippen LogP contribution in [0.15, 0.2) is 24.3 Å². The number of nitrogens with one attached hydrogen (secondary N) is 1. The van der Waals surface area contributed by atoms with Gasteiger partial charge in [-0.15, -0.1) is 0 Å². The van der Waals surface area contributed by atoms with Crippen LogP contribution in [0.2, 0.25) is 0 Å². The van der Waals surface area contributed by atoms with Crippen LogP contribution in [0.3, 0.4) is 0 Å². The molecule has 16 heavy (non-hydrogen) atoms. The van der Waals surface area contributed by atoms with Gasteiger partial charge in [-0.25, -0.2) is 0 Å². The highest BCUT2D eigenvalue weighted by Crippen LogP contribution is 2.17. The maximum atomic E-state index is 8.00. The molecule has 90 valence electrons. The Morgan fingerprint density at radius 1 is 1.12 bits per heavy atom. The summed E-state index contributed by atoms with van der Waals surface area (Å²) < 4.78 is 0. The standard InChI is InChI=1S/C11H17N.2CH2O/c1-9(2)8-10-6-4-5-7-11(10)12-3;2*1-2/h4-7,9,12H,8H2,1-3H3;2*1H2. The van der Waals surface area contributed by atoms with Gasteiger partial charge < -0.3 is 14.9 Å². The number of anilines is 1. The lowest BCUT2D eigenvalue weighted by Crippen LogP contribution is -1.99. The van der Waals surface area contributed by atoms with Crippen molar-refractivity contribution in [1.29, 1.82) is 0 Å². The molecule has 0 atom stereocenters. The molecule has 1 aromatic carbocycles. The maximum Gasteiger partial charge on any atom is 0.106 e. The zero-order chi connectivity index (χ0) is 13.0. The van der Waals surface area contributed by atoms with E-state index in [-0.39, 0.29) is 0 Å². The molecular weight excluding hydrogens is 202 g/mol. The van der Waals surface area contributed by atoms with E-state index in [2.05, 4.69) is 43.4 Å². The summed E-state index contributed by atoms with van der Waals surface area (Å²) in [6.07, 6.45) is 1.15. The van der Waals surface area contributed by atoms with Crippen molar-refractivity contribution in [2.75, 3.05) is 12.4 Å². The molecule has 0 bridgehead atoms. The molecule has 0 aliphatic carbocycles. The largest absolute Gasteiger partial charge is 0.388 e. The predicted molar refractivity (Wildman–Crippen MR) is 68.8 cm³/mol. The lowest BCUT2D eigenvalue weighted by molar-refractivity contribution is -0.0987. The zero-order valence-electron chi connectivity index (χ0n) is 10.3. The average molecular weight is 223 g/mol. The fourth-order valence-electron chi connectivity index (χ4n) is 1.38. The third kappa shape index (κ3) is 6.76. The van der Waals surface area contributed by atoms with E-state index < -0.39 is 0 Å². The molecule has 0 saturated carbocycles. The highest BCUT2D eigenvalue weighted by atomic mass is 16.1. The Morgan fingerprint density at radius 2 is 1.62 bits per heavy atom. The number of carbonyl (C=O) groups excluding carboxylic acids is 2. The van der Waals surface area contributed by atoms with Crippen LogP contribution in [0.4, 0.5) is 5.69 Å². The lowest BCUT2D eigenvalue weighted by atomic mass is 10.0. The summed E-state index contributed by atoms with van der Waals surface area (Å²) in [7, 11) is 1.97. The fraction of sp³-hybridized carbons (Fsp3) is 0.385. The molecule has 0 heterocycles. The number of rotatable bonds is 3. The second-order valence-electron chi connectivity index (χ2n) is 3.51. The smallest absolute Gasteiger partial charge is 0.106 e. The molecule has 1 N–H and O–H groups in total. The minimum atomic E-state index is 0.722. The summed E-state index contributed by atoms with van der Waals surface area (Å²) in [4.78, 5) is 16.0. The predicted octanol–water partition coefficient (Wildman–Crippen LogP) is 2.56. The summed E-state index contributed by atoms with van der Waals surface area (Å²) in [5, 5.41) is 3.20. The first-order valence-electron chi connectivity index (χ1n) is 5.07. The van der Waals surface area contributed by atoms with Gasteiger partial charge in [0.05, 0.1) is 0 Å². The van der Waals surface area contributed by atoms with Gasteiger partial charge in [-0.2, -0.15) is 0 Å². The first-order valence-corrected chi connectivity index (χ1v) is 5.07. The topological polar surface area (TPSA) is 46.2 Å². The number of para-hydroxylation sites is 1. The SMILES string of the molecule is C=O.C=O.CNc1ccccc1CC(C)C. The Morgan fingerprint density at radius 3 is 2.06 bits per heavy atom. The van der Waals surface area contributed by atoms with Gasteiger partial charge in [-0.1, -0.05) is 32.0 Å². The molecule has 0 aliphatic heterocycles. The first kappa shape index (κ1) is 16.8. The van der Waals surface area contributed by atoms with Crippen molar-refractivity contribution >= 4 is 19.3 Å². The van der Waals surface area contributed by atoms with Gasteiger partial charge >= 0.3 is 0 Å². The molecule has 0 fully saturated rings. The third-order valence-electron chi connectivity index (χ3n) is 1.91. The van der Waals surface area contributed by atoms with Gasteiger partial charge in [0, 0.05) is 12.7 Å². The van der Waals surface area contributed by atoms with Crippen LogP contribution < -0.4 is 5.32 Å². The van der Waals surface area contributed by atoms with Crippen LogP contribution in [0, 0.1) is 5.92 Å². The van der Waals surface area contributed by atoms with E-state index in [9.17, 15) is 0 Å². The zero-order valence-corrected chi connectivity index (χ0v) is 10.3. The highest BCUT2D eigenvalue weighted by Gasteiger charge is 2.01. The molecule has 0 aliphatic rings. The number of hydrogen-bond donors (Lipinski definition) is 1. The second-order valence-corrected chi connectivity index (χ2v) is 3.51. The quantitative estimate of drug-likeness (QED) is 0.856. The van der Waals surface area contributed by atoms with E-state index >= 15 is 0 Å². The molecule has 1 aromatic rings. The van der Waals surface area contributed by atoms with Crippen molar-refractivity contribution in [3.8, 4) is 0 Å². The van der Waals surface area contributed by atoms with Gasteiger partial charge in [-0.05, 0) is 24.0 Å². The van der Waals surface area contributed by atoms with E-state index in [4.69, 9.17) is 9.59 Å². The molecule has 0 radical (unpaired) electrons. The highest BCUT2D eigenvalue weighted by molar-refractivity contribution is 5.50. The molecule has 3 nitrogen and oxygen atoms in total. The molecule has 0 unspecified atom stereocenters. The van der Waals surface area contributed by atoms with E-state index in [1.807, 2.05) is 20.6 Å². The van der Waals surface area contributed by atoms with Crippen molar-refractivity contribution in [3.63, 3.8) is 0 Å². The van der Waals surface area contributed by atoms with Crippen molar-refractivity contribution in [1.82, 2.24) is 0 Å². The fourth-order valence-corrected chi connectivity index (χ4v) is 1.38. The van der Waals surface area contributed by atoms with Crippen LogP contribution in [0.5, 0.6) is 0 Å². The number of carbonyl (C=O) groups is 2. The van der Waals surface area contributed by atoms with Crippen molar-refractivity contribution < 1.29 is 9.59 Å². The van der Waals surface area contributed by atoms with Crippen LogP contribution in [0.1, 0.15) is 19.4 Å². The van der Waals surface area contributed by atoms with E-state index in [1.165, 1.54) is 11.3 Å². The van der Waals surface area contributed by atoms with Gasteiger partial charge in [0.1, 0.15) is 13.6 Å². The van der Waals surface area contributed by atoms with Gasteiger partial charge in [0.15, 0.2) is 0 Å². The van der Waals surface area contributed by atoms with Crippen molar-refractivity contribution in [2.24, 2.45) is 5.92 Å². The Balaban J connectivity index is 0. The van der Waals surface area contributed by atoms with Gasteiger partial charge in [0.2, 0.25) is 0 Å².